The molecule has 1 heterocycles. The zero-order chi connectivity index (χ0) is 49.3. The first-order valence-corrected chi connectivity index (χ1v) is 25.6. The van der Waals surface area contributed by atoms with E-state index in [-0.39, 0.29) is 0 Å². The summed E-state index contributed by atoms with van der Waals surface area (Å²) >= 11 is 0. The van der Waals surface area contributed by atoms with Crippen LogP contribution in [0.2, 0.25) is 0 Å². The number of benzene rings is 11. The van der Waals surface area contributed by atoms with Gasteiger partial charge in [-0.15, -0.1) is 0 Å². The first-order chi connectivity index (χ1) is 36.6. The summed E-state index contributed by atoms with van der Waals surface area (Å²) < 4.78 is 2.35. The van der Waals surface area contributed by atoms with E-state index in [4.69, 9.17) is 0 Å². The standard InChI is InChI=1S/C72H50N2/c1-3-4-6-17-48(2)73-70-27-16-12-23-64(70)65-46-56(37-43-71(65)73)52-30-28-50(29-31-52)51-34-38-57(39-35-51)74(58-40-36-54-44-53(32-33-55(54)45-58)49-18-7-5-8-19-49)59-41-42-63-62-22-11-15-26-68(62)72(69(63)47-59)66-24-13-9-20-60(66)61-21-10-14-25-67(61)72/h3-47H,1H2,2H3/b6-4-,48-17+. The van der Waals surface area contributed by atoms with Crippen LogP contribution in [0.25, 0.3) is 93.9 Å². The molecule has 2 aliphatic rings. The number of para-hydroxylation sites is 1. The van der Waals surface area contributed by atoms with Crippen molar-refractivity contribution in [2.45, 2.75) is 12.3 Å². The van der Waals surface area contributed by atoms with Crippen molar-refractivity contribution in [3.05, 3.63) is 302 Å². The average molecular weight is 943 g/mol. The molecule has 74 heavy (non-hydrogen) atoms. The number of hydrogen-bond acceptors (Lipinski definition) is 1. The van der Waals surface area contributed by atoms with Gasteiger partial charge in [0, 0.05) is 33.5 Å². The summed E-state index contributed by atoms with van der Waals surface area (Å²) in [5.74, 6) is 0. The highest BCUT2D eigenvalue weighted by Crippen LogP contribution is 2.63. The molecule has 0 atom stereocenters. The molecule has 0 saturated carbocycles. The topological polar surface area (TPSA) is 8.17 Å². The third-order valence-electron chi connectivity index (χ3n) is 15.7. The van der Waals surface area contributed by atoms with Crippen molar-refractivity contribution in [2.24, 2.45) is 0 Å². The summed E-state index contributed by atoms with van der Waals surface area (Å²) in [4.78, 5) is 2.45. The molecular weight excluding hydrogens is 893 g/mol. The molecule has 1 spiro atoms. The maximum atomic E-state index is 3.84. The van der Waals surface area contributed by atoms with Crippen LogP contribution in [0.3, 0.4) is 0 Å². The van der Waals surface area contributed by atoms with E-state index in [1.54, 1.807) is 0 Å². The molecule has 0 aliphatic heterocycles. The lowest BCUT2D eigenvalue weighted by Gasteiger charge is -2.32. The predicted octanol–water partition coefficient (Wildman–Crippen LogP) is 19.4. The Labute approximate surface area is 432 Å². The Morgan fingerprint density at radius 3 is 1.54 bits per heavy atom. The second-order valence-electron chi connectivity index (χ2n) is 19.7. The van der Waals surface area contributed by atoms with Gasteiger partial charge in [-0.25, -0.2) is 0 Å². The van der Waals surface area contributed by atoms with Crippen molar-refractivity contribution >= 4 is 55.3 Å². The summed E-state index contributed by atoms with van der Waals surface area (Å²) in [6.07, 6.45) is 7.96. The fourth-order valence-electron chi connectivity index (χ4n) is 12.4. The number of fused-ring (bicyclic) bond motifs is 14. The molecule has 11 aromatic carbocycles. The lowest BCUT2D eigenvalue weighted by Crippen LogP contribution is -2.26. The molecule has 0 radical (unpaired) electrons. The molecule has 0 saturated heterocycles. The highest BCUT2D eigenvalue weighted by Gasteiger charge is 2.51. The molecule has 2 heteroatoms. The zero-order valence-corrected chi connectivity index (χ0v) is 41.1. The summed E-state index contributed by atoms with van der Waals surface area (Å²) in [6, 6.07) is 92.5. The van der Waals surface area contributed by atoms with E-state index in [1.807, 2.05) is 18.2 Å². The minimum absolute atomic E-state index is 0.446. The van der Waals surface area contributed by atoms with Gasteiger partial charge in [0.25, 0.3) is 0 Å². The number of aromatic nitrogens is 1. The van der Waals surface area contributed by atoms with Gasteiger partial charge in [0.1, 0.15) is 0 Å². The molecule has 2 nitrogen and oxygen atoms in total. The molecule has 12 aromatic rings. The lowest BCUT2D eigenvalue weighted by atomic mass is 9.70. The molecular formula is C72H50N2. The quantitative estimate of drug-likeness (QED) is 0.131. The monoisotopic (exact) mass is 942 g/mol. The Bertz CT molecular complexity index is 4200. The van der Waals surface area contributed by atoms with Gasteiger partial charge in [-0.05, 0) is 162 Å². The first kappa shape index (κ1) is 43.3. The van der Waals surface area contributed by atoms with E-state index in [2.05, 4.69) is 278 Å². The molecule has 0 N–H and O–H groups in total. The van der Waals surface area contributed by atoms with E-state index in [0.717, 1.165) is 22.8 Å². The van der Waals surface area contributed by atoms with Gasteiger partial charge in [-0.3, -0.25) is 0 Å². The molecule has 1 aromatic heterocycles. The van der Waals surface area contributed by atoms with Crippen molar-refractivity contribution in [1.82, 2.24) is 4.57 Å². The van der Waals surface area contributed by atoms with Gasteiger partial charge in [-0.2, -0.15) is 0 Å². The maximum absolute atomic E-state index is 3.84. The maximum Gasteiger partial charge on any atom is 0.0726 e. The summed E-state index contributed by atoms with van der Waals surface area (Å²) in [5.41, 5.74) is 24.1. The van der Waals surface area contributed by atoms with E-state index in [9.17, 15) is 0 Å². The highest BCUT2D eigenvalue weighted by atomic mass is 15.1. The average Bonchev–Trinajstić information content (AvgIpc) is 4.23. The molecule has 0 amide bonds. The van der Waals surface area contributed by atoms with Gasteiger partial charge < -0.3 is 9.47 Å². The third kappa shape index (κ3) is 6.72. The van der Waals surface area contributed by atoms with Crippen LogP contribution in [0, 0.1) is 0 Å². The normalized spacial score (nSPS) is 13.1. The summed E-state index contributed by atoms with van der Waals surface area (Å²) in [5, 5.41) is 4.89. The van der Waals surface area contributed by atoms with Crippen LogP contribution >= 0.6 is 0 Å². The molecule has 2 aliphatic carbocycles. The Hall–Kier alpha value is -9.50. The number of hydrogen-bond donors (Lipinski definition) is 0. The number of allylic oxidation sites excluding steroid dienone is 5. The number of rotatable bonds is 9. The third-order valence-corrected chi connectivity index (χ3v) is 15.7. The summed E-state index contributed by atoms with van der Waals surface area (Å²) in [7, 11) is 0. The second-order valence-corrected chi connectivity index (χ2v) is 19.7. The van der Waals surface area contributed by atoms with Crippen LogP contribution in [0.4, 0.5) is 17.1 Å². The first-order valence-electron chi connectivity index (χ1n) is 25.6. The minimum Gasteiger partial charge on any atom is -0.313 e. The van der Waals surface area contributed by atoms with Crippen LogP contribution < -0.4 is 4.90 Å². The minimum atomic E-state index is -0.446. The van der Waals surface area contributed by atoms with E-state index < -0.39 is 5.41 Å². The van der Waals surface area contributed by atoms with E-state index >= 15 is 0 Å². The zero-order valence-electron chi connectivity index (χ0n) is 41.1. The molecule has 0 fully saturated rings. The molecule has 14 rings (SSSR count). The highest BCUT2D eigenvalue weighted by molar-refractivity contribution is 6.11. The fraction of sp³-hybridized carbons (Fsp3) is 0.0278. The van der Waals surface area contributed by atoms with Gasteiger partial charge >= 0.3 is 0 Å². The largest absolute Gasteiger partial charge is 0.313 e. The van der Waals surface area contributed by atoms with Crippen LogP contribution in [0.1, 0.15) is 29.2 Å². The van der Waals surface area contributed by atoms with Crippen molar-refractivity contribution in [3.63, 3.8) is 0 Å². The van der Waals surface area contributed by atoms with Gasteiger partial charge in [0.15, 0.2) is 0 Å². The fourth-order valence-corrected chi connectivity index (χ4v) is 12.4. The predicted molar refractivity (Wildman–Crippen MR) is 314 cm³/mol. The Balaban J connectivity index is 0.862. The van der Waals surface area contributed by atoms with Crippen molar-refractivity contribution in [1.29, 1.82) is 0 Å². The molecule has 0 bridgehead atoms. The van der Waals surface area contributed by atoms with Crippen molar-refractivity contribution < 1.29 is 0 Å². The summed E-state index contributed by atoms with van der Waals surface area (Å²) in [6.45, 7) is 6.00. The molecule has 348 valence electrons. The Morgan fingerprint density at radius 1 is 0.378 bits per heavy atom. The van der Waals surface area contributed by atoms with Gasteiger partial charge in [-0.1, -0.05) is 213 Å². The van der Waals surface area contributed by atoms with Gasteiger partial charge in [0.2, 0.25) is 0 Å². The second kappa shape index (κ2) is 17.4. The Kier molecular flexibility index (Phi) is 10.2. The smallest absolute Gasteiger partial charge is 0.0726 e. The van der Waals surface area contributed by atoms with E-state index in [0.29, 0.717) is 0 Å². The van der Waals surface area contributed by atoms with Crippen molar-refractivity contribution in [3.8, 4) is 55.6 Å². The van der Waals surface area contributed by atoms with Crippen LogP contribution in [-0.4, -0.2) is 4.57 Å². The SMILES string of the molecule is C=C/C=C\C=C(/C)n1c2ccccc2c2cc(-c3ccc(-c4ccc(N(c5ccc6c(c5)C5(c7ccccc7-c7ccccc75)c5ccccc5-6)c5ccc6cc(-c7ccccc7)ccc6c5)cc4)cc3)ccc21. The lowest BCUT2D eigenvalue weighted by molar-refractivity contribution is 0.793. The van der Waals surface area contributed by atoms with Crippen LogP contribution in [-0.2, 0) is 5.41 Å². The Morgan fingerprint density at radius 2 is 0.851 bits per heavy atom. The molecule has 0 unspecified atom stereocenters. The van der Waals surface area contributed by atoms with Crippen LogP contribution in [0.5, 0.6) is 0 Å². The van der Waals surface area contributed by atoms with E-state index in [1.165, 1.54) is 110 Å². The van der Waals surface area contributed by atoms with Crippen LogP contribution in [0.15, 0.2) is 280 Å². The number of anilines is 3. The van der Waals surface area contributed by atoms with Crippen molar-refractivity contribution in [2.75, 3.05) is 4.90 Å². The number of nitrogens with zero attached hydrogens (tertiary/aromatic N) is 2. The van der Waals surface area contributed by atoms with Gasteiger partial charge in [0.05, 0.1) is 16.4 Å².